The van der Waals surface area contributed by atoms with Gasteiger partial charge in [-0.05, 0) is 61.2 Å². The molecule has 0 aromatic heterocycles. The molecule has 3 aliphatic carbocycles. The van der Waals surface area contributed by atoms with Crippen LogP contribution in [0.5, 0.6) is 0 Å². The van der Waals surface area contributed by atoms with Crippen molar-refractivity contribution in [3.63, 3.8) is 0 Å². The predicted molar refractivity (Wildman–Crippen MR) is 68.0 cm³/mol. The van der Waals surface area contributed by atoms with Gasteiger partial charge in [0, 0.05) is 6.04 Å². The second-order valence-corrected chi connectivity index (χ2v) is 6.86. The van der Waals surface area contributed by atoms with Crippen LogP contribution in [-0.4, -0.2) is 6.04 Å². The highest BCUT2D eigenvalue weighted by Crippen LogP contribution is 2.70. The first-order valence-corrected chi connectivity index (χ1v) is 7.48. The van der Waals surface area contributed by atoms with E-state index in [0.29, 0.717) is 6.04 Å². The molecule has 3 fully saturated rings. The largest absolute Gasteiger partial charge is 0.327 e. The maximum Gasteiger partial charge on any atom is 0.00754 e. The van der Waals surface area contributed by atoms with Crippen molar-refractivity contribution < 1.29 is 0 Å². The molecule has 0 saturated heterocycles. The van der Waals surface area contributed by atoms with Gasteiger partial charge in [0.25, 0.3) is 0 Å². The minimum atomic E-state index is 0.528. The number of hydrogen-bond acceptors (Lipinski definition) is 1. The smallest absolute Gasteiger partial charge is 0.00754 e. The Morgan fingerprint density at radius 3 is 2.38 bits per heavy atom. The molecule has 0 radical (unpaired) electrons. The third-order valence-electron chi connectivity index (χ3n) is 5.75. The number of rotatable bonds is 5. The van der Waals surface area contributed by atoms with E-state index in [1.54, 1.807) is 6.42 Å². The third-order valence-corrected chi connectivity index (χ3v) is 5.75. The van der Waals surface area contributed by atoms with E-state index in [1.807, 2.05) is 0 Å². The normalized spacial score (nSPS) is 47.8. The van der Waals surface area contributed by atoms with Crippen molar-refractivity contribution in [2.24, 2.45) is 41.2 Å². The molecule has 6 atom stereocenters. The lowest BCUT2D eigenvalue weighted by Gasteiger charge is -2.19. The molecule has 0 aromatic carbocycles. The Morgan fingerprint density at radius 2 is 1.81 bits per heavy atom. The van der Waals surface area contributed by atoms with E-state index in [0.717, 1.165) is 35.5 Å². The molecular formula is C15H27N. The van der Waals surface area contributed by atoms with Gasteiger partial charge in [-0.3, -0.25) is 0 Å². The molecule has 92 valence electrons. The Hall–Kier alpha value is -0.0400. The number of nitrogens with two attached hydrogens (primary N) is 1. The molecular weight excluding hydrogens is 194 g/mol. The minimum Gasteiger partial charge on any atom is -0.327 e. The van der Waals surface area contributed by atoms with Crippen LogP contribution >= 0.6 is 0 Å². The first-order valence-electron chi connectivity index (χ1n) is 7.48. The fraction of sp³-hybridized carbons (Fsp3) is 1.00. The Morgan fingerprint density at radius 1 is 1.19 bits per heavy atom. The highest BCUT2D eigenvalue weighted by atomic mass is 14.8. The lowest BCUT2D eigenvalue weighted by molar-refractivity contribution is 0.351. The van der Waals surface area contributed by atoms with Crippen molar-refractivity contribution >= 4 is 0 Å². The van der Waals surface area contributed by atoms with Gasteiger partial charge in [-0.15, -0.1) is 0 Å². The van der Waals surface area contributed by atoms with Gasteiger partial charge in [-0.25, -0.2) is 0 Å². The van der Waals surface area contributed by atoms with E-state index in [1.165, 1.54) is 32.1 Å². The summed E-state index contributed by atoms with van der Waals surface area (Å²) in [7, 11) is 0. The zero-order valence-corrected chi connectivity index (χ0v) is 10.9. The van der Waals surface area contributed by atoms with E-state index in [-0.39, 0.29) is 0 Å². The SMILES string of the molecule is CCCC(C)CC(N)C1C2C3CCC(C3)C12. The molecule has 0 spiro atoms. The van der Waals surface area contributed by atoms with Crippen LogP contribution in [-0.2, 0) is 0 Å². The Labute approximate surface area is 100 Å². The number of hydrogen-bond donors (Lipinski definition) is 1. The average Bonchev–Trinajstić information content (AvgIpc) is 2.69. The van der Waals surface area contributed by atoms with Crippen molar-refractivity contribution in [2.75, 3.05) is 0 Å². The summed E-state index contributed by atoms with van der Waals surface area (Å²) in [5.74, 6) is 6.11. The Balaban J connectivity index is 1.52. The van der Waals surface area contributed by atoms with Gasteiger partial charge in [0.15, 0.2) is 0 Å². The van der Waals surface area contributed by atoms with E-state index in [9.17, 15) is 0 Å². The summed E-state index contributed by atoms with van der Waals surface area (Å²) >= 11 is 0. The van der Waals surface area contributed by atoms with Crippen LogP contribution in [0.3, 0.4) is 0 Å². The molecule has 0 aromatic rings. The van der Waals surface area contributed by atoms with E-state index < -0.39 is 0 Å². The zero-order chi connectivity index (χ0) is 11.3. The monoisotopic (exact) mass is 221 g/mol. The molecule has 6 unspecified atom stereocenters. The topological polar surface area (TPSA) is 26.0 Å². The van der Waals surface area contributed by atoms with Crippen LogP contribution in [0, 0.1) is 35.5 Å². The molecule has 3 rings (SSSR count). The lowest BCUT2D eigenvalue weighted by Crippen LogP contribution is -2.28. The van der Waals surface area contributed by atoms with Crippen LogP contribution in [0.2, 0.25) is 0 Å². The summed E-state index contributed by atoms with van der Waals surface area (Å²) in [6.45, 7) is 4.67. The van der Waals surface area contributed by atoms with Crippen LogP contribution < -0.4 is 5.73 Å². The molecule has 0 amide bonds. The van der Waals surface area contributed by atoms with Gasteiger partial charge in [0.1, 0.15) is 0 Å². The quantitative estimate of drug-likeness (QED) is 0.756. The average molecular weight is 221 g/mol. The van der Waals surface area contributed by atoms with Gasteiger partial charge < -0.3 is 5.73 Å². The van der Waals surface area contributed by atoms with Crippen LogP contribution in [0.15, 0.2) is 0 Å². The van der Waals surface area contributed by atoms with Crippen molar-refractivity contribution in [3.8, 4) is 0 Å². The summed E-state index contributed by atoms with van der Waals surface area (Å²) < 4.78 is 0. The predicted octanol–water partition coefficient (Wildman–Crippen LogP) is 3.43. The molecule has 0 aliphatic heterocycles. The van der Waals surface area contributed by atoms with Crippen molar-refractivity contribution in [1.29, 1.82) is 0 Å². The second kappa shape index (κ2) is 4.01. The molecule has 2 N–H and O–H groups in total. The van der Waals surface area contributed by atoms with Gasteiger partial charge in [0.05, 0.1) is 0 Å². The maximum atomic E-state index is 6.45. The molecule has 3 aliphatic rings. The molecule has 0 heterocycles. The van der Waals surface area contributed by atoms with Gasteiger partial charge in [-0.2, -0.15) is 0 Å². The molecule has 1 heteroatoms. The van der Waals surface area contributed by atoms with Gasteiger partial charge in [-0.1, -0.05) is 26.7 Å². The number of fused-ring (bicyclic) bond motifs is 5. The molecule has 1 nitrogen and oxygen atoms in total. The summed E-state index contributed by atoms with van der Waals surface area (Å²) in [5, 5.41) is 0. The van der Waals surface area contributed by atoms with E-state index in [4.69, 9.17) is 5.73 Å². The van der Waals surface area contributed by atoms with Crippen molar-refractivity contribution in [2.45, 2.75) is 58.4 Å². The minimum absolute atomic E-state index is 0.528. The van der Waals surface area contributed by atoms with Crippen LogP contribution in [0.25, 0.3) is 0 Å². The Bertz CT molecular complexity index is 246. The summed E-state index contributed by atoms with van der Waals surface area (Å²) in [4.78, 5) is 0. The van der Waals surface area contributed by atoms with Crippen LogP contribution in [0.1, 0.15) is 52.4 Å². The van der Waals surface area contributed by atoms with Crippen molar-refractivity contribution in [1.82, 2.24) is 0 Å². The van der Waals surface area contributed by atoms with E-state index >= 15 is 0 Å². The standard InChI is InChI=1S/C15H27N/c1-3-4-9(2)7-12(16)15-13-10-5-6-11(8-10)14(13)15/h9-15H,3-8,16H2,1-2H3. The van der Waals surface area contributed by atoms with Crippen molar-refractivity contribution in [3.05, 3.63) is 0 Å². The summed E-state index contributed by atoms with van der Waals surface area (Å²) in [6.07, 6.45) is 8.58. The second-order valence-electron chi connectivity index (χ2n) is 6.86. The fourth-order valence-corrected chi connectivity index (χ4v) is 5.20. The fourth-order valence-electron chi connectivity index (χ4n) is 5.20. The molecule has 16 heavy (non-hydrogen) atoms. The molecule has 2 bridgehead atoms. The third kappa shape index (κ3) is 1.63. The maximum absolute atomic E-state index is 6.45. The Kier molecular flexibility index (Phi) is 2.78. The first kappa shape index (κ1) is 11.1. The summed E-state index contributed by atoms with van der Waals surface area (Å²) in [5.41, 5.74) is 6.45. The summed E-state index contributed by atoms with van der Waals surface area (Å²) in [6, 6.07) is 0.528. The van der Waals surface area contributed by atoms with Gasteiger partial charge >= 0.3 is 0 Å². The zero-order valence-electron chi connectivity index (χ0n) is 10.9. The van der Waals surface area contributed by atoms with Gasteiger partial charge in [0.2, 0.25) is 0 Å². The highest BCUT2D eigenvalue weighted by Gasteiger charge is 2.65. The van der Waals surface area contributed by atoms with Crippen LogP contribution in [0.4, 0.5) is 0 Å². The lowest BCUT2D eigenvalue weighted by atomic mass is 9.90. The first-order chi connectivity index (χ1) is 7.72. The molecule has 3 saturated carbocycles. The van der Waals surface area contributed by atoms with E-state index in [2.05, 4.69) is 13.8 Å². The highest BCUT2D eigenvalue weighted by molar-refractivity contribution is 5.15.